The summed E-state index contributed by atoms with van der Waals surface area (Å²) in [6.45, 7) is 2.07. The van der Waals surface area contributed by atoms with Crippen molar-refractivity contribution in [3.63, 3.8) is 0 Å². The van der Waals surface area contributed by atoms with Crippen LogP contribution in [0, 0.1) is 11.7 Å². The van der Waals surface area contributed by atoms with Gasteiger partial charge in [-0.05, 0) is 35.9 Å². The molecular formula is C20H20FN3O3. The Morgan fingerprint density at radius 3 is 2.44 bits per heavy atom. The highest BCUT2D eigenvalue weighted by Crippen LogP contribution is 2.23. The van der Waals surface area contributed by atoms with Crippen LogP contribution in [-0.4, -0.2) is 29.2 Å². The zero-order valence-electron chi connectivity index (χ0n) is 14.9. The molecule has 1 heterocycles. The van der Waals surface area contributed by atoms with Gasteiger partial charge in [-0.3, -0.25) is 14.4 Å². The quantitative estimate of drug-likeness (QED) is 0.851. The summed E-state index contributed by atoms with van der Waals surface area (Å²) in [5.41, 5.74) is 1.95. The van der Waals surface area contributed by atoms with Crippen LogP contribution in [0.15, 0.2) is 48.5 Å². The van der Waals surface area contributed by atoms with Crippen molar-refractivity contribution in [2.75, 3.05) is 17.2 Å². The summed E-state index contributed by atoms with van der Waals surface area (Å²) < 4.78 is 13.0. The van der Waals surface area contributed by atoms with E-state index in [1.165, 1.54) is 19.1 Å². The van der Waals surface area contributed by atoms with E-state index in [2.05, 4.69) is 10.6 Å². The van der Waals surface area contributed by atoms with Gasteiger partial charge in [0.05, 0.1) is 5.92 Å². The van der Waals surface area contributed by atoms with Crippen molar-refractivity contribution in [1.82, 2.24) is 4.90 Å². The van der Waals surface area contributed by atoms with Crippen LogP contribution >= 0.6 is 0 Å². The maximum atomic E-state index is 13.0. The average molecular weight is 369 g/mol. The minimum atomic E-state index is -0.456. The summed E-state index contributed by atoms with van der Waals surface area (Å²) in [5, 5.41) is 5.45. The Bertz CT molecular complexity index is 867. The van der Waals surface area contributed by atoms with Gasteiger partial charge in [-0.25, -0.2) is 4.39 Å². The SMILES string of the molecule is CC(=O)Nc1cccc(NC(=O)C2CC(=O)N(Cc3ccc(F)cc3)C2)c1. The second-order valence-corrected chi connectivity index (χ2v) is 6.55. The third-order valence-corrected chi connectivity index (χ3v) is 4.32. The molecule has 1 saturated heterocycles. The summed E-state index contributed by atoms with van der Waals surface area (Å²) in [4.78, 5) is 37.5. The van der Waals surface area contributed by atoms with Gasteiger partial charge in [0, 0.05) is 37.8 Å². The third-order valence-electron chi connectivity index (χ3n) is 4.32. The van der Waals surface area contributed by atoms with Gasteiger partial charge in [0.25, 0.3) is 0 Å². The monoisotopic (exact) mass is 369 g/mol. The molecule has 1 atom stereocenters. The van der Waals surface area contributed by atoms with E-state index in [9.17, 15) is 18.8 Å². The molecule has 27 heavy (non-hydrogen) atoms. The molecule has 2 aromatic rings. The maximum absolute atomic E-state index is 13.0. The first kappa shape index (κ1) is 18.6. The van der Waals surface area contributed by atoms with Crippen molar-refractivity contribution >= 4 is 29.1 Å². The molecule has 0 bridgehead atoms. The lowest BCUT2D eigenvalue weighted by Crippen LogP contribution is -2.28. The first-order valence-corrected chi connectivity index (χ1v) is 8.61. The number of amides is 3. The van der Waals surface area contributed by atoms with Gasteiger partial charge in [-0.1, -0.05) is 18.2 Å². The van der Waals surface area contributed by atoms with Crippen molar-refractivity contribution in [3.8, 4) is 0 Å². The number of anilines is 2. The van der Waals surface area contributed by atoms with Gasteiger partial charge in [0.2, 0.25) is 17.7 Å². The predicted octanol–water partition coefficient (Wildman–Crippen LogP) is 2.77. The highest BCUT2D eigenvalue weighted by atomic mass is 19.1. The molecule has 2 aromatic carbocycles. The summed E-state index contributed by atoms with van der Waals surface area (Å²) in [6, 6.07) is 12.8. The van der Waals surface area contributed by atoms with Crippen LogP contribution in [0.3, 0.4) is 0 Å². The van der Waals surface area contributed by atoms with Crippen LogP contribution in [0.2, 0.25) is 0 Å². The fourth-order valence-electron chi connectivity index (χ4n) is 3.03. The van der Waals surface area contributed by atoms with Gasteiger partial charge in [-0.2, -0.15) is 0 Å². The predicted molar refractivity (Wildman–Crippen MR) is 99.3 cm³/mol. The van der Waals surface area contributed by atoms with E-state index in [1.54, 1.807) is 41.3 Å². The number of nitrogens with zero attached hydrogens (tertiary/aromatic N) is 1. The van der Waals surface area contributed by atoms with Crippen molar-refractivity contribution in [2.45, 2.75) is 19.9 Å². The van der Waals surface area contributed by atoms with Gasteiger partial charge in [0.15, 0.2) is 0 Å². The van der Waals surface area contributed by atoms with Crippen LogP contribution in [0.1, 0.15) is 18.9 Å². The zero-order chi connectivity index (χ0) is 19.4. The molecule has 3 amide bonds. The smallest absolute Gasteiger partial charge is 0.229 e. The number of hydrogen-bond acceptors (Lipinski definition) is 3. The highest BCUT2D eigenvalue weighted by molar-refractivity contribution is 5.98. The van der Waals surface area contributed by atoms with E-state index < -0.39 is 5.92 Å². The molecule has 7 heteroatoms. The number of benzene rings is 2. The van der Waals surface area contributed by atoms with Crippen molar-refractivity contribution in [2.24, 2.45) is 5.92 Å². The van der Waals surface area contributed by atoms with Gasteiger partial charge >= 0.3 is 0 Å². The molecule has 1 unspecified atom stereocenters. The molecule has 1 aliphatic rings. The Labute approximate surface area is 156 Å². The topological polar surface area (TPSA) is 78.5 Å². The van der Waals surface area contributed by atoms with E-state index in [0.717, 1.165) is 5.56 Å². The minimum absolute atomic E-state index is 0.105. The van der Waals surface area contributed by atoms with E-state index in [-0.39, 0.29) is 30.0 Å². The number of halogens is 1. The fraction of sp³-hybridized carbons (Fsp3) is 0.250. The minimum Gasteiger partial charge on any atom is -0.338 e. The number of nitrogens with one attached hydrogen (secondary N) is 2. The third kappa shape index (κ3) is 4.91. The standard InChI is InChI=1S/C20H20FN3O3/c1-13(25)22-17-3-2-4-18(10-17)23-20(27)15-9-19(26)24(12-15)11-14-5-7-16(21)8-6-14/h2-8,10,15H,9,11-12H2,1H3,(H,22,25)(H,23,27). The van der Waals surface area contributed by atoms with Crippen LogP contribution in [0.5, 0.6) is 0 Å². The number of rotatable bonds is 5. The maximum Gasteiger partial charge on any atom is 0.229 e. The Hall–Kier alpha value is -3.22. The van der Waals surface area contributed by atoms with Crippen molar-refractivity contribution in [3.05, 3.63) is 59.9 Å². The normalized spacial score (nSPS) is 16.3. The van der Waals surface area contributed by atoms with Crippen molar-refractivity contribution < 1.29 is 18.8 Å². The summed E-state index contributed by atoms with van der Waals surface area (Å²) in [5.74, 6) is -1.33. The summed E-state index contributed by atoms with van der Waals surface area (Å²) in [7, 11) is 0. The average Bonchev–Trinajstić information content (AvgIpc) is 2.97. The number of likely N-dealkylation sites (tertiary alicyclic amines) is 1. The lowest BCUT2D eigenvalue weighted by molar-refractivity contribution is -0.128. The van der Waals surface area contributed by atoms with E-state index >= 15 is 0 Å². The molecule has 2 N–H and O–H groups in total. The molecule has 6 nitrogen and oxygen atoms in total. The molecule has 0 aliphatic carbocycles. The molecule has 1 fully saturated rings. The Balaban J connectivity index is 1.60. The second kappa shape index (κ2) is 7.99. The molecular weight excluding hydrogens is 349 g/mol. The largest absolute Gasteiger partial charge is 0.338 e. The van der Waals surface area contributed by atoms with Crippen LogP contribution in [0.4, 0.5) is 15.8 Å². The molecule has 0 spiro atoms. The molecule has 0 aromatic heterocycles. The van der Waals surface area contributed by atoms with E-state index in [0.29, 0.717) is 24.5 Å². The van der Waals surface area contributed by atoms with Crippen LogP contribution < -0.4 is 10.6 Å². The van der Waals surface area contributed by atoms with Crippen molar-refractivity contribution in [1.29, 1.82) is 0 Å². The van der Waals surface area contributed by atoms with Gasteiger partial charge < -0.3 is 15.5 Å². The molecule has 0 saturated carbocycles. The van der Waals surface area contributed by atoms with Gasteiger partial charge in [0.1, 0.15) is 5.82 Å². The first-order chi connectivity index (χ1) is 12.9. The Morgan fingerprint density at radius 1 is 1.11 bits per heavy atom. The summed E-state index contributed by atoms with van der Waals surface area (Å²) >= 11 is 0. The molecule has 1 aliphatic heterocycles. The number of carbonyl (C=O) groups is 3. The lowest BCUT2D eigenvalue weighted by atomic mass is 10.1. The Kier molecular flexibility index (Phi) is 5.49. The number of carbonyl (C=O) groups excluding carboxylic acids is 3. The fourth-order valence-corrected chi connectivity index (χ4v) is 3.03. The van der Waals surface area contributed by atoms with Crippen LogP contribution in [0.25, 0.3) is 0 Å². The van der Waals surface area contributed by atoms with E-state index in [1.807, 2.05) is 0 Å². The molecule has 140 valence electrons. The zero-order valence-corrected chi connectivity index (χ0v) is 14.9. The summed E-state index contributed by atoms with van der Waals surface area (Å²) in [6.07, 6.45) is 0.137. The first-order valence-electron chi connectivity index (χ1n) is 8.61. The second-order valence-electron chi connectivity index (χ2n) is 6.55. The molecule has 3 rings (SSSR count). The van der Waals surface area contributed by atoms with E-state index in [4.69, 9.17) is 0 Å². The molecule has 0 radical (unpaired) electrons. The van der Waals surface area contributed by atoms with Gasteiger partial charge in [-0.15, -0.1) is 0 Å². The number of hydrogen-bond donors (Lipinski definition) is 2. The highest BCUT2D eigenvalue weighted by Gasteiger charge is 2.34. The Morgan fingerprint density at radius 2 is 1.78 bits per heavy atom. The lowest BCUT2D eigenvalue weighted by Gasteiger charge is -2.17. The van der Waals surface area contributed by atoms with Crippen LogP contribution in [-0.2, 0) is 20.9 Å².